The molecule has 0 fully saturated rings. The van der Waals surface area contributed by atoms with Crippen molar-refractivity contribution in [3.05, 3.63) is 24.5 Å². The number of nitrogens with zero attached hydrogens (tertiary/aromatic N) is 4. The lowest BCUT2D eigenvalue weighted by Crippen LogP contribution is -2.33. The molecule has 0 aromatic carbocycles. The normalized spacial score (nSPS) is 12.1. The zero-order valence-corrected chi connectivity index (χ0v) is 13.9. The fourth-order valence-electron chi connectivity index (χ4n) is 1.94. The summed E-state index contributed by atoms with van der Waals surface area (Å²) in [6.07, 6.45) is 4.39. The van der Waals surface area contributed by atoms with Crippen LogP contribution in [-0.2, 0) is 11.3 Å². The molecular weight excluding hydrogens is 298 g/mol. The number of thioether (sulfide) groups is 1. The van der Waals surface area contributed by atoms with Gasteiger partial charge in [0.2, 0.25) is 5.91 Å². The van der Waals surface area contributed by atoms with Crippen LogP contribution in [-0.4, -0.2) is 37.5 Å². The van der Waals surface area contributed by atoms with Crippen LogP contribution in [0.4, 0.5) is 0 Å². The van der Waals surface area contributed by atoms with E-state index in [1.54, 1.807) is 12.4 Å². The van der Waals surface area contributed by atoms with Crippen LogP contribution < -0.4 is 5.32 Å². The molecule has 0 unspecified atom stereocenters. The predicted octanol–water partition coefficient (Wildman–Crippen LogP) is 2.37. The summed E-state index contributed by atoms with van der Waals surface area (Å²) in [6.45, 7) is 6.84. The Labute approximate surface area is 134 Å². The standard InChI is InChI=1S/C15H21N5OS/c1-4-11(3)17-13(21)10-22-15-19-18-14(20(15)5-2)12-6-8-16-9-7-12/h6-9,11H,4-5,10H2,1-3H3,(H,17,21)/t11-/m1/s1. The SMILES string of the molecule is CC[C@@H](C)NC(=O)CSc1nnc(-c2ccncc2)n1CC. The number of rotatable bonds is 7. The molecule has 0 aliphatic heterocycles. The largest absolute Gasteiger partial charge is 0.353 e. The molecule has 7 heteroatoms. The summed E-state index contributed by atoms with van der Waals surface area (Å²) < 4.78 is 2.01. The highest BCUT2D eigenvalue weighted by Crippen LogP contribution is 2.23. The molecule has 118 valence electrons. The molecule has 0 saturated carbocycles. The van der Waals surface area contributed by atoms with Crippen molar-refractivity contribution in [1.29, 1.82) is 0 Å². The van der Waals surface area contributed by atoms with Crippen molar-refractivity contribution < 1.29 is 4.79 Å². The molecule has 2 aromatic heterocycles. The maximum Gasteiger partial charge on any atom is 0.230 e. The predicted molar refractivity (Wildman–Crippen MR) is 87.5 cm³/mol. The van der Waals surface area contributed by atoms with E-state index in [4.69, 9.17) is 0 Å². The zero-order valence-electron chi connectivity index (χ0n) is 13.1. The Morgan fingerprint density at radius 3 is 2.68 bits per heavy atom. The number of carbonyl (C=O) groups is 1. The van der Waals surface area contributed by atoms with Gasteiger partial charge in [-0.3, -0.25) is 9.78 Å². The lowest BCUT2D eigenvalue weighted by molar-refractivity contribution is -0.119. The minimum Gasteiger partial charge on any atom is -0.353 e. The molecule has 0 bridgehead atoms. The lowest BCUT2D eigenvalue weighted by Gasteiger charge is -2.11. The third kappa shape index (κ3) is 4.07. The summed E-state index contributed by atoms with van der Waals surface area (Å²) in [5, 5.41) is 12.2. The second-order valence-electron chi connectivity index (χ2n) is 4.95. The molecule has 0 saturated heterocycles. The first-order valence-electron chi connectivity index (χ1n) is 7.41. The molecule has 2 heterocycles. The Hall–Kier alpha value is -1.89. The van der Waals surface area contributed by atoms with Gasteiger partial charge in [0.25, 0.3) is 0 Å². The van der Waals surface area contributed by atoms with Crippen molar-refractivity contribution in [1.82, 2.24) is 25.1 Å². The Morgan fingerprint density at radius 1 is 1.32 bits per heavy atom. The van der Waals surface area contributed by atoms with Gasteiger partial charge >= 0.3 is 0 Å². The monoisotopic (exact) mass is 319 g/mol. The number of carbonyl (C=O) groups excluding carboxylic acids is 1. The van der Waals surface area contributed by atoms with E-state index in [0.29, 0.717) is 5.75 Å². The van der Waals surface area contributed by atoms with Crippen LogP contribution >= 0.6 is 11.8 Å². The summed E-state index contributed by atoms with van der Waals surface area (Å²) in [5.41, 5.74) is 0.972. The van der Waals surface area contributed by atoms with E-state index < -0.39 is 0 Å². The highest BCUT2D eigenvalue weighted by molar-refractivity contribution is 7.99. The first-order chi connectivity index (χ1) is 10.7. The van der Waals surface area contributed by atoms with Gasteiger partial charge in [-0.2, -0.15) is 0 Å². The van der Waals surface area contributed by atoms with Gasteiger partial charge in [0.05, 0.1) is 5.75 Å². The smallest absolute Gasteiger partial charge is 0.230 e. The molecular formula is C15H21N5OS. The number of nitrogens with one attached hydrogen (secondary N) is 1. The molecule has 1 atom stereocenters. The minimum absolute atomic E-state index is 0.0236. The first-order valence-corrected chi connectivity index (χ1v) is 8.40. The van der Waals surface area contributed by atoms with Crippen molar-refractivity contribution in [3.8, 4) is 11.4 Å². The van der Waals surface area contributed by atoms with Crippen LogP contribution in [0, 0.1) is 0 Å². The van der Waals surface area contributed by atoms with Gasteiger partial charge in [0.1, 0.15) is 0 Å². The van der Waals surface area contributed by atoms with E-state index in [9.17, 15) is 4.79 Å². The zero-order chi connectivity index (χ0) is 15.9. The van der Waals surface area contributed by atoms with Crippen molar-refractivity contribution in [2.45, 2.75) is 44.9 Å². The summed E-state index contributed by atoms with van der Waals surface area (Å²) in [5.74, 6) is 1.17. The van der Waals surface area contributed by atoms with Gasteiger partial charge in [-0.15, -0.1) is 10.2 Å². The maximum absolute atomic E-state index is 11.9. The van der Waals surface area contributed by atoms with Gasteiger partial charge in [-0.1, -0.05) is 18.7 Å². The molecule has 0 radical (unpaired) electrons. The summed E-state index contributed by atoms with van der Waals surface area (Å²) in [7, 11) is 0. The van der Waals surface area contributed by atoms with E-state index in [-0.39, 0.29) is 11.9 Å². The van der Waals surface area contributed by atoms with E-state index in [0.717, 1.165) is 29.5 Å². The number of hydrogen-bond acceptors (Lipinski definition) is 5. The highest BCUT2D eigenvalue weighted by atomic mass is 32.2. The molecule has 2 aromatic rings. The van der Waals surface area contributed by atoms with Crippen LogP contribution in [0.3, 0.4) is 0 Å². The summed E-state index contributed by atoms with van der Waals surface area (Å²) >= 11 is 1.41. The number of pyridine rings is 1. The molecule has 1 N–H and O–H groups in total. The van der Waals surface area contributed by atoms with Gasteiger partial charge in [-0.05, 0) is 32.4 Å². The highest BCUT2D eigenvalue weighted by Gasteiger charge is 2.14. The third-order valence-corrected chi connectivity index (χ3v) is 4.29. The molecule has 0 aliphatic rings. The van der Waals surface area contributed by atoms with Crippen LogP contribution in [0.25, 0.3) is 11.4 Å². The van der Waals surface area contributed by atoms with Gasteiger partial charge in [-0.25, -0.2) is 0 Å². The fraction of sp³-hybridized carbons (Fsp3) is 0.467. The van der Waals surface area contributed by atoms with Crippen molar-refractivity contribution >= 4 is 17.7 Å². The van der Waals surface area contributed by atoms with E-state index >= 15 is 0 Å². The average Bonchev–Trinajstić information content (AvgIpc) is 2.96. The molecule has 0 spiro atoms. The maximum atomic E-state index is 11.9. The lowest BCUT2D eigenvalue weighted by atomic mass is 10.2. The minimum atomic E-state index is 0.0236. The molecule has 22 heavy (non-hydrogen) atoms. The van der Waals surface area contributed by atoms with Crippen LogP contribution in [0.1, 0.15) is 27.2 Å². The average molecular weight is 319 g/mol. The number of aromatic nitrogens is 4. The number of amides is 1. The van der Waals surface area contributed by atoms with Gasteiger partial charge < -0.3 is 9.88 Å². The van der Waals surface area contributed by atoms with Crippen LogP contribution in [0.2, 0.25) is 0 Å². The molecule has 6 nitrogen and oxygen atoms in total. The first kappa shape index (κ1) is 16.5. The van der Waals surface area contributed by atoms with Crippen molar-refractivity contribution in [2.24, 2.45) is 0 Å². The van der Waals surface area contributed by atoms with E-state index in [2.05, 4.69) is 20.5 Å². The van der Waals surface area contributed by atoms with E-state index in [1.807, 2.05) is 37.5 Å². The quantitative estimate of drug-likeness (QED) is 0.793. The Morgan fingerprint density at radius 2 is 2.05 bits per heavy atom. The fourth-order valence-corrected chi connectivity index (χ4v) is 2.76. The molecule has 2 rings (SSSR count). The van der Waals surface area contributed by atoms with Gasteiger partial charge in [0.15, 0.2) is 11.0 Å². The Balaban J connectivity index is 2.07. The Bertz CT molecular complexity index is 614. The Kier molecular flexibility index (Phi) is 5.94. The number of hydrogen-bond donors (Lipinski definition) is 1. The second-order valence-corrected chi connectivity index (χ2v) is 5.89. The third-order valence-electron chi connectivity index (χ3n) is 3.32. The van der Waals surface area contributed by atoms with Crippen LogP contribution in [0.5, 0.6) is 0 Å². The topological polar surface area (TPSA) is 72.7 Å². The summed E-state index contributed by atoms with van der Waals surface area (Å²) in [6, 6.07) is 4.00. The van der Waals surface area contributed by atoms with E-state index in [1.165, 1.54) is 11.8 Å². The second kappa shape index (κ2) is 7.93. The molecule has 0 aliphatic carbocycles. The van der Waals surface area contributed by atoms with Crippen LogP contribution in [0.15, 0.2) is 29.7 Å². The summed E-state index contributed by atoms with van der Waals surface area (Å²) in [4.78, 5) is 15.9. The van der Waals surface area contributed by atoms with Crippen molar-refractivity contribution in [2.75, 3.05) is 5.75 Å². The van der Waals surface area contributed by atoms with Crippen molar-refractivity contribution in [3.63, 3.8) is 0 Å². The van der Waals surface area contributed by atoms with Gasteiger partial charge in [0, 0.05) is 30.5 Å². The molecule has 1 amide bonds.